The molecule has 0 bridgehead atoms. The number of amides is 1. The number of fused-ring (bicyclic) bond motifs is 1. The van der Waals surface area contributed by atoms with Gasteiger partial charge in [0.05, 0.1) is 15.2 Å². The normalized spacial score (nSPS) is 10.9. The molecule has 1 heterocycles. The third-order valence-corrected chi connectivity index (χ3v) is 4.96. The Bertz CT molecular complexity index is 848. The highest BCUT2D eigenvalue weighted by atomic mass is 35.5. The molecule has 0 aliphatic heterocycles. The van der Waals surface area contributed by atoms with Gasteiger partial charge in [0.1, 0.15) is 5.82 Å². The number of aromatic nitrogens is 1. The minimum Gasteiger partial charge on any atom is -0.356 e. The van der Waals surface area contributed by atoms with Crippen LogP contribution in [0.15, 0.2) is 42.5 Å². The van der Waals surface area contributed by atoms with Gasteiger partial charge < -0.3 is 5.32 Å². The van der Waals surface area contributed by atoms with E-state index in [0.29, 0.717) is 36.3 Å². The zero-order valence-corrected chi connectivity index (χ0v) is 14.5. The molecule has 1 amide bonds. The SMILES string of the molecule is O=C(CCc1ccc(Cl)cc1)NCCc1nc2cc(F)ccc2s1. The highest BCUT2D eigenvalue weighted by Gasteiger charge is 2.06. The minimum atomic E-state index is -0.283. The third kappa shape index (κ3) is 4.52. The Balaban J connectivity index is 1.44. The van der Waals surface area contributed by atoms with Crippen molar-refractivity contribution in [1.82, 2.24) is 10.3 Å². The van der Waals surface area contributed by atoms with Crippen molar-refractivity contribution in [3.05, 3.63) is 63.9 Å². The van der Waals surface area contributed by atoms with Crippen molar-refractivity contribution >= 4 is 39.1 Å². The second-order valence-electron chi connectivity index (χ2n) is 5.45. The Morgan fingerprint density at radius 3 is 2.75 bits per heavy atom. The smallest absolute Gasteiger partial charge is 0.220 e. The minimum absolute atomic E-state index is 0.0112. The fourth-order valence-corrected chi connectivity index (χ4v) is 3.43. The molecule has 0 aliphatic carbocycles. The van der Waals surface area contributed by atoms with Gasteiger partial charge in [-0.3, -0.25) is 4.79 Å². The Kier molecular flexibility index (Phi) is 5.43. The molecule has 0 spiro atoms. The number of benzene rings is 2. The Morgan fingerprint density at radius 2 is 1.96 bits per heavy atom. The van der Waals surface area contributed by atoms with E-state index in [1.807, 2.05) is 24.3 Å². The van der Waals surface area contributed by atoms with Crippen LogP contribution in [0.5, 0.6) is 0 Å². The summed E-state index contributed by atoms with van der Waals surface area (Å²) in [7, 11) is 0. The second-order valence-corrected chi connectivity index (χ2v) is 7.00. The third-order valence-electron chi connectivity index (χ3n) is 3.61. The van der Waals surface area contributed by atoms with Crippen LogP contribution in [0.4, 0.5) is 4.39 Å². The van der Waals surface area contributed by atoms with Gasteiger partial charge in [-0.1, -0.05) is 23.7 Å². The average molecular weight is 363 g/mol. The molecule has 2 aromatic carbocycles. The largest absolute Gasteiger partial charge is 0.356 e. The molecule has 0 saturated heterocycles. The first kappa shape index (κ1) is 16.9. The van der Waals surface area contributed by atoms with Crippen LogP contribution in [0.25, 0.3) is 10.2 Å². The summed E-state index contributed by atoms with van der Waals surface area (Å²) in [5.74, 6) is -0.271. The van der Waals surface area contributed by atoms with E-state index in [1.54, 1.807) is 6.07 Å². The predicted octanol–water partition coefficient (Wildman–Crippen LogP) is 4.38. The number of rotatable bonds is 6. The number of halogens is 2. The average Bonchev–Trinajstić information content (AvgIpc) is 2.96. The molecule has 1 aromatic heterocycles. The molecule has 3 aromatic rings. The van der Waals surface area contributed by atoms with Gasteiger partial charge in [-0.05, 0) is 36.2 Å². The molecule has 3 nitrogen and oxygen atoms in total. The van der Waals surface area contributed by atoms with E-state index in [-0.39, 0.29) is 11.7 Å². The van der Waals surface area contributed by atoms with Gasteiger partial charge in [0.2, 0.25) is 5.91 Å². The molecule has 6 heteroatoms. The van der Waals surface area contributed by atoms with Crippen LogP contribution in [0, 0.1) is 5.82 Å². The van der Waals surface area contributed by atoms with Crippen LogP contribution in [0.1, 0.15) is 17.0 Å². The molecule has 0 fully saturated rings. The van der Waals surface area contributed by atoms with E-state index >= 15 is 0 Å². The van der Waals surface area contributed by atoms with E-state index in [1.165, 1.54) is 23.5 Å². The van der Waals surface area contributed by atoms with Gasteiger partial charge >= 0.3 is 0 Å². The molecule has 0 radical (unpaired) electrons. The number of hydrogen-bond donors (Lipinski definition) is 1. The zero-order valence-electron chi connectivity index (χ0n) is 12.9. The molecular weight excluding hydrogens is 347 g/mol. The lowest BCUT2D eigenvalue weighted by atomic mass is 10.1. The summed E-state index contributed by atoms with van der Waals surface area (Å²) in [5, 5.41) is 4.49. The first-order chi connectivity index (χ1) is 11.6. The Labute approximate surface area is 148 Å². The van der Waals surface area contributed by atoms with E-state index in [0.717, 1.165) is 15.3 Å². The van der Waals surface area contributed by atoms with Crippen molar-refractivity contribution < 1.29 is 9.18 Å². The van der Waals surface area contributed by atoms with Crippen molar-refractivity contribution in [2.75, 3.05) is 6.54 Å². The number of nitrogens with zero attached hydrogens (tertiary/aromatic N) is 1. The second kappa shape index (κ2) is 7.73. The molecule has 0 aliphatic rings. The predicted molar refractivity (Wildman–Crippen MR) is 96.1 cm³/mol. The summed E-state index contributed by atoms with van der Waals surface area (Å²) in [4.78, 5) is 16.3. The van der Waals surface area contributed by atoms with Crippen LogP contribution < -0.4 is 5.32 Å². The summed E-state index contributed by atoms with van der Waals surface area (Å²) in [6, 6.07) is 12.1. The summed E-state index contributed by atoms with van der Waals surface area (Å²) in [6.07, 6.45) is 1.77. The van der Waals surface area contributed by atoms with Crippen molar-refractivity contribution in [3.8, 4) is 0 Å². The number of nitrogens with one attached hydrogen (secondary N) is 1. The van der Waals surface area contributed by atoms with Gasteiger partial charge in [-0.2, -0.15) is 0 Å². The van der Waals surface area contributed by atoms with Gasteiger partial charge in [0.25, 0.3) is 0 Å². The quantitative estimate of drug-likeness (QED) is 0.707. The number of thiazole rings is 1. The highest BCUT2D eigenvalue weighted by Crippen LogP contribution is 2.22. The van der Waals surface area contributed by atoms with Crippen molar-refractivity contribution in [2.45, 2.75) is 19.3 Å². The van der Waals surface area contributed by atoms with Gasteiger partial charge in [0.15, 0.2) is 0 Å². The maximum Gasteiger partial charge on any atom is 0.220 e. The highest BCUT2D eigenvalue weighted by molar-refractivity contribution is 7.18. The molecule has 124 valence electrons. The van der Waals surface area contributed by atoms with Crippen molar-refractivity contribution in [3.63, 3.8) is 0 Å². The molecule has 0 atom stereocenters. The first-order valence-electron chi connectivity index (χ1n) is 7.66. The van der Waals surface area contributed by atoms with Crippen LogP contribution >= 0.6 is 22.9 Å². The number of carbonyl (C=O) groups is 1. The fraction of sp³-hybridized carbons (Fsp3) is 0.222. The number of hydrogen-bond acceptors (Lipinski definition) is 3. The molecular formula is C18H16ClFN2OS. The van der Waals surface area contributed by atoms with Gasteiger partial charge in [-0.15, -0.1) is 11.3 Å². The first-order valence-corrected chi connectivity index (χ1v) is 8.86. The van der Waals surface area contributed by atoms with Crippen LogP contribution in [-0.4, -0.2) is 17.4 Å². The molecule has 1 N–H and O–H groups in total. The van der Waals surface area contributed by atoms with Gasteiger partial charge in [-0.25, -0.2) is 9.37 Å². The van der Waals surface area contributed by atoms with Crippen LogP contribution in [-0.2, 0) is 17.6 Å². The molecule has 0 unspecified atom stereocenters. The lowest BCUT2D eigenvalue weighted by molar-refractivity contribution is -0.121. The van der Waals surface area contributed by atoms with Crippen LogP contribution in [0.2, 0.25) is 5.02 Å². The van der Waals surface area contributed by atoms with E-state index < -0.39 is 0 Å². The summed E-state index contributed by atoms with van der Waals surface area (Å²) >= 11 is 7.36. The number of carbonyl (C=O) groups excluding carboxylic acids is 1. The fourth-order valence-electron chi connectivity index (χ4n) is 2.36. The van der Waals surface area contributed by atoms with Crippen LogP contribution in [0.3, 0.4) is 0 Å². The number of aryl methyl sites for hydroxylation is 1. The Hall–Kier alpha value is -1.98. The maximum absolute atomic E-state index is 13.2. The molecule has 0 saturated carbocycles. The molecule has 24 heavy (non-hydrogen) atoms. The van der Waals surface area contributed by atoms with Gasteiger partial charge in [0, 0.05) is 30.5 Å². The van der Waals surface area contributed by atoms with Crippen molar-refractivity contribution in [1.29, 1.82) is 0 Å². The summed E-state index contributed by atoms with van der Waals surface area (Å²) in [6.45, 7) is 0.530. The van der Waals surface area contributed by atoms with Crippen molar-refractivity contribution in [2.24, 2.45) is 0 Å². The van der Waals surface area contributed by atoms with E-state index in [4.69, 9.17) is 11.6 Å². The Morgan fingerprint density at radius 1 is 1.17 bits per heavy atom. The monoisotopic (exact) mass is 362 g/mol. The lowest BCUT2D eigenvalue weighted by Crippen LogP contribution is -2.25. The summed E-state index contributed by atoms with van der Waals surface area (Å²) in [5.41, 5.74) is 1.76. The maximum atomic E-state index is 13.2. The van der Waals surface area contributed by atoms with E-state index in [9.17, 15) is 9.18 Å². The molecule has 3 rings (SSSR count). The zero-order chi connectivity index (χ0) is 16.9. The lowest BCUT2D eigenvalue weighted by Gasteiger charge is -2.04. The topological polar surface area (TPSA) is 42.0 Å². The summed E-state index contributed by atoms with van der Waals surface area (Å²) < 4.78 is 14.1. The standard InChI is InChI=1S/C18H16ClFN2OS/c19-13-4-1-12(2-5-13)3-8-17(23)21-10-9-18-22-15-11-14(20)6-7-16(15)24-18/h1-2,4-7,11H,3,8-10H2,(H,21,23). The van der Waals surface area contributed by atoms with E-state index in [2.05, 4.69) is 10.3 Å².